The average Bonchev–Trinajstić information content (AvgIpc) is 3.13. The van der Waals surface area contributed by atoms with Crippen LogP contribution in [0.3, 0.4) is 0 Å². The molecule has 21 heavy (non-hydrogen) atoms. The fourth-order valence-electron chi connectivity index (χ4n) is 3.60. The largest absolute Gasteiger partial charge is 0.573 e. The zero-order valence-electron chi connectivity index (χ0n) is 11.5. The SMILES string of the molecule is O=C(Cc1ccc(OC(F)(F)F)cc1)C1C2CCCCC21. The monoisotopic (exact) mass is 298 g/mol. The van der Waals surface area contributed by atoms with Crippen LogP contribution >= 0.6 is 0 Å². The molecule has 0 amide bonds. The van der Waals surface area contributed by atoms with Gasteiger partial charge >= 0.3 is 6.36 Å². The zero-order chi connectivity index (χ0) is 15.0. The molecule has 2 aliphatic carbocycles. The molecule has 2 unspecified atom stereocenters. The summed E-state index contributed by atoms with van der Waals surface area (Å²) < 4.78 is 40.0. The van der Waals surface area contributed by atoms with E-state index in [-0.39, 0.29) is 17.5 Å². The van der Waals surface area contributed by atoms with Gasteiger partial charge in [-0.15, -0.1) is 13.2 Å². The summed E-state index contributed by atoms with van der Waals surface area (Å²) in [5, 5.41) is 0. The van der Waals surface area contributed by atoms with E-state index in [2.05, 4.69) is 4.74 Å². The Labute approximate surface area is 121 Å². The van der Waals surface area contributed by atoms with Crippen molar-refractivity contribution in [3.8, 4) is 5.75 Å². The minimum Gasteiger partial charge on any atom is -0.406 e. The van der Waals surface area contributed by atoms with Crippen molar-refractivity contribution < 1.29 is 22.7 Å². The maximum absolute atomic E-state index is 12.2. The van der Waals surface area contributed by atoms with E-state index >= 15 is 0 Å². The number of Topliss-reactive ketones (excluding diaryl/α,β-unsaturated/α-hetero) is 1. The van der Waals surface area contributed by atoms with Gasteiger partial charge in [0.25, 0.3) is 0 Å². The summed E-state index contributed by atoms with van der Waals surface area (Å²) in [7, 11) is 0. The quantitative estimate of drug-likeness (QED) is 0.835. The maximum Gasteiger partial charge on any atom is 0.573 e. The first-order valence-corrected chi connectivity index (χ1v) is 7.31. The average molecular weight is 298 g/mol. The van der Waals surface area contributed by atoms with Gasteiger partial charge in [-0.05, 0) is 42.4 Å². The van der Waals surface area contributed by atoms with E-state index in [9.17, 15) is 18.0 Å². The van der Waals surface area contributed by atoms with E-state index in [0.29, 0.717) is 18.3 Å². The van der Waals surface area contributed by atoms with Crippen LogP contribution < -0.4 is 4.74 Å². The predicted octanol–water partition coefficient (Wildman–Crippen LogP) is 4.13. The van der Waals surface area contributed by atoms with Gasteiger partial charge in [-0.2, -0.15) is 0 Å². The minimum atomic E-state index is -4.68. The second-order valence-corrected chi connectivity index (χ2v) is 5.97. The minimum absolute atomic E-state index is 0.193. The van der Waals surface area contributed by atoms with Crippen LogP contribution in [0.25, 0.3) is 0 Å². The number of carbonyl (C=O) groups excluding carboxylic acids is 1. The Kier molecular flexibility index (Phi) is 3.68. The first-order chi connectivity index (χ1) is 9.94. The molecule has 114 valence electrons. The normalized spacial score (nSPS) is 27.9. The van der Waals surface area contributed by atoms with E-state index in [4.69, 9.17) is 0 Å². The topological polar surface area (TPSA) is 26.3 Å². The molecule has 2 saturated carbocycles. The van der Waals surface area contributed by atoms with Crippen molar-refractivity contribution in [1.82, 2.24) is 0 Å². The second-order valence-electron chi connectivity index (χ2n) is 5.97. The van der Waals surface area contributed by atoms with E-state index in [0.717, 1.165) is 18.4 Å². The summed E-state index contributed by atoms with van der Waals surface area (Å²) >= 11 is 0. The molecule has 5 heteroatoms. The van der Waals surface area contributed by atoms with Crippen molar-refractivity contribution in [2.75, 3.05) is 0 Å². The van der Waals surface area contributed by atoms with Gasteiger partial charge in [-0.1, -0.05) is 25.0 Å². The van der Waals surface area contributed by atoms with Crippen LogP contribution in [0.2, 0.25) is 0 Å². The number of rotatable bonds is 4. The summed E-state index contributed by atoms with van der Waals surface area (Å²) in [4.78, 5) is 12.2. The number of carbonyl (C=O) groups is 1. The first kappa shape index (κ1) is 14.4. The predicted molar refractivity (Wildman–Crippen MR) is 70.8 cm³/mol. The fraction of sp³-hybridized carbons (Fsp3) is 0.562. The molecule has 2 aliphatic rings. The number of ketones is 1. The lowest BCUT2D eigenvalue weighted by atomic mass is 10.0. The van der Waals surface area contributed by atoms with E-state index in [1.54, 1.807) is 0 Å². The van der Waals surface area contributed by atoms with Crippen LogP contribution in [0.5, 0.6) is 5.75 Å². The number of benzene rings is 1. The Bertz CT molecular complexity index is 509. The second kappa shape index (κ2) is 5.35. The van der Waals surface area contributed by atoms with Crippen molar-refractivity contribution in [2.24, 2.45) is 17.8 Å². The van der Waals surface area contributed by atoms with E-state index in [1.165, 1.54) is 37.1 Å². The lowest BCUT2D eigenvalue weighted by Crippen LogP contribution is -2.17. The molecule has 0 bridgehead atoms. The molecular weight excluding hydrogens is 281 g/mol. The summed E-state index contributed by atoms with van der Waals surface area (Å²) in [5.41, 5.74) is 0.748. The smallest absolute Gasteiger partial charge is 0.406 e. The van der Waals surface area contributed by atoms with Crippen LogP contribution in [0.1, 0.15) is 31.2 Å². The molecule has 0 heterocycles. The molecule has 0 spiro atoms. The van der Waals surface area contributed by atoms with E-state index < -0.39 is 6.36 Å². The Morgan fingerprint density at radius 3 is 2.19 bits per heavy atom. The molecule has 0 N–H and O–H groups in total. The Morgan fingerprint density at radius 1 is 1.10 bits per heavy atom. The summed E-state index contributed by atoms with van der Waals surface area (Å²) in [5.74, 6) is 1.31. The van der Waals surface area contributed by atoms with Gasteiger partial charge in [0.05, 0.1) is 0 Å². The van der Waals surface area contributed by atoms with Crippen molar-refractivity contribution in [3.63, 3.8) is 0 Å². The first-order valence-electron chi connectivity index (χ1n) is 7.31. The highest BCUT2D eigenvalue weighted by Crippen LogP contribution is 2.56. The summed E-state index contributed by atoms with van der Waals surface area (Å²) in [6.07, 6.45) is 0.368. The summed E-state index contributed by atoms with van der Waals surface area (Å²) in [6.45, 7) is 0. The lowest BCUT2D eigenvalue weighted by Gasteiger charge is -2.09. The molecule has 0 radical (unpaired) electrons. The fourth-order valence-corrected chi connectivity index (χ4v) is 3.60. The number of fused-ring (bicyclic) bond motifs is 1. The Hall–Kier alpha value is -1.52. The number of hydrogen-bond donors (Lipinski definition) is 0. The van der Waals surface area contributed by atoms with Gasteiger partial charge in [0.15, 0.2) is 0 Å². The standard InChI is InChI=1S/C16H17F3O2/c17-16(18,19)21-11-7-5-10(6-8-11)9-14(20)15-12-3-1-2-4-13(12)15/h5-8,12-13,15H,1-4,9H2. The van der Waals surface area contributed by atoms with Crippen molar-refractivity contribution in [3.05, 3.63) is 29.8 Å². The van der Waals surface area contributed by atoms with Crippen LogP contribution in [0, 0.1) is 17.8 Å². The van der Waals surface area contributed by atoms with Crippen LogP contribution in [0.4, 0.5) is 13.2 Å². The highest BCUT2D eigenvalue weighted by atomic mass is 19.4. The highest BCUT2D eigenvalue weighted by Gasteiger charge is 2.53. The highest BCUT2D eigenvalue weighted by molar-refractivity contribution is 5.86. The maximum atomic E-state index is 12.2. The van der Waals surface area contributed by atoms with E-state index in [1.807, 2.05) is 0 Å². The van der Waals surface area contributed by atoms with Crippen LogP contribution in [-0.4, -0.2) is 12.1 Å². The number of halogens is 3. The van der Waals surface area contributed by atoms with Crippen LogP contribution in [0.15, 0.2) is 24.3 Å². The molecule has 2 nitrogen and oxygen atoms in total. The molecule has 0 aliphatic heterocycles. The zero-order valence-corrected chi connectivity index (χ0v) is 11.5. The van der Waals surface area contributed by atoms with Gasteiger partial charge in [0, 0.05) is 12.3 Å². The Balaban J connectivity index is 1.57. The molecule has 1 aromatic rings. The molecular formula is C16H17F3O2. The van der Waals surface area contributed by atoms with Crippen molar-refractivity contribution >= 4 is 5.78 Å². The van der Waals surface area contributed by atoms with Gasteiger partial charge in [0.2, 0.25) is 0 Å². The molecule has 3 rings (SSSR count). The van der Waals surface area contributed by atoms with Gasteiger partial charge in [0.1, 0.15) is 11.5 Å². The third-order valence-electron chi connectivity index (χ3n) is 4.56. The molecule has 2 atom stereocenters. The lowest BCUT2D eigenvalue weighted by molar-refractivity contribution is -0.274. The summed E-state index contributed by atoms with van der Waals surface area (Å²) in [6, 6.07) is 5.59. The molecule has 2 fully saturated rings. The van der Waals surface area contributed by atoms with Crippen molar-refractivity contribution in [2.45, 2.75) is 38.5 Å². The third-order valence-corrected chi connectivity index (χ3v) is 4.56. The molecule has 0 aromatic heterocycles. The van der Waals surface area contributed by atoms with Crippen LogP contribution in [-0.2, 0) is 11.2 Å². The third kappa shape index (κ3) is 3.39. The molecule has 1 aromatic carbocycles. The van der Waals surface area contributed by atoms with Gasteiger partial charge in [-0.3, -0.25) is 4.79 Å². The number of ether oxygens (including phenoxy) is 1. The van der Waals surface area contributed by atoms with Crippen molar-refractivity contribution in [1.29, 1.82) is 0 Å². The number of alkyl halides is 3. The number of hydrogen-bond acceptors (Lipinski definition) is 2. The van der Waals surface area contributed by atoms with Gasteiger partial charge in [-0.25, -0.2) is 0 Å². The molecule has 0 saturated heterocycles. The Morgan fingerprint density at radius 2 is 1.67 bits per heavy atom. The van der Waals surface area contributed by atoms with Gasteiger partial charge < -0.3 is 4.74 Å².